The molecule has 1 atom stereocenters. The number of anilines is 1. The highest BCUT2D eigenvalue weighted by molar-refractivity contribution is 7.15. The minimum atomic E-state index is -0.705. The number of amides is 2. The highest BCUT2D eigenvalue weighted by Crippen LogP contribution is 2.50. The second-order valence-corrected chi connectivity index (χ2v) is 8.61. The van der Waals surface area contributed by atoms with Crippen molar-refractivity contribution in [1.82, 2.24) is 20.5 Å². The Morgan fingerprint density at radius 3 is 2.78 bits per heavy atom. The summed E-state index contributed by atoms with van der Waals surface area (Å²) in [5, 5.41) is 33.1. The summed E-state index contributed by atoms with van der Waals surface area (Å²) < 4.78 is 0. The molecule has 1 aliphatic carbocycles. The number of aliphatic hydroxyl groups excluding tert-OH is 1. The molecule has 0 spiro atoms. The molecule has 1 saturated carbocycles. The van der Waals surface area contributed by atoms with E-state index in [1.165, 1.54) is 0 Å². The molecule has 0 saturated heterocycles. The van der Waals surface area contributed by atoms with Gasteiger partial charge >= 0.3 is 6.03 Å². The maximum Gasteiger partial charge on any atom is 0.321 e. The highest BCUT2D eigenvalue weighted by atomic mass is 35.5. The predicted octanol–water partition coefficient (Wildman–Crippen LogP) is 3.65. The molecule has 3 N–H and O–H groups in total. The Hall–Kier alpha value is -3.50. The van der Waals surface area contributed by atoms with Crippen LogP contribution in [0.15, 0.2) is 36.5 Å². The lowest BCUT2D eigenvalue weighted by atomic mass is 9.93. The van der Waals surface area contributed by atoms with Crippen molar-refractivity contribution in [3.63, 3.8) is 0 Å². The molecule has 160 valence electrons. The summed E-state index contributed by atoms with van der Waals surface area (Å²) in [6.45, 7) is -0.343. The molecule has 32 heavy (non-hydrogen) atoms. The summed E-state index contributed by atoms with van der Waals surface area (Å²) in [4.78, 5) is 16.8. The number of aromatic nitrogens is 3. The Balaban J connectivity index is 1.54. The lowest BCUT2D eigenvalue weighted by Crippen LogP contribution is -2.34. The van der Waals surface area contributed by atoms with Crippen LogP contribution in [0.3, 0.4) is 0 Å². The van der Waals surface area contributed by atoms with Crippen LogP contribution in [0.4, 0.5) is 9.93 Å². The second-order valence-electron chi connectivity index (χ2n) is 7.22. The number of nitrogens with zero attached hydrogens (tertiary/aromatic N) is 4. The van der Waals surface area contributed by atoms with Crippen LogP contribution in [0.2, 0.25) is 5.02 Å². The third kappa shape index (κ3) is 4.27. The summed E-state index contributed by atoms with van der Waals surface area (Å²) in [6, 6.07) is 10.1. The number of terminal acetylenes is 1. The van der Waals surface area contributed by atoms with Crippen molar-refractivity contribution < 1.29 is 9.90 Å². The van der Waals surface area contributed by atoms with Crippen LogP contribution in [0.5, 0.6) is 0 Å². The zero-order valence-corrected chi connectivity index (χ0v) is 18.2. The molecular formula is C22H17ClN6O2S. The van der Waals surface area contributed by atoms with E-state index in [1.54, 1.807) is 30.5 Å². The van der Waals surface area contributed by atoms with Gasteiger partial charge < -0.3 is 10.4 Å². The molecule has 2 heterocycles. The van der Waals surface area contributed by atoms with Crippen LogP contribution in [-0.2, 0) is 5.41 Å². The standard InChI is InChI=1S/C22H17ClN6O2S/c1-2-18-28-29-21(32-18)27-20(31)26-17(11-30)13-5-6-14(16(23)10-13)15-4-3-9-25-19(15)22(12-24)7-8-22/h1,3-6,9-10,17,30H,7-8,11H2,(H2,26,27,29,31). The van der Waals surface area contributed by atoms with E-state index in [-0.39, 0.29) is 11.7 Å². The maximum absolute atomic E-state index is 12.3. The lowest BCUT2D eigenvalue weighted by molar-refractivity contribution is 0.225. The Labute approximate surface area is 193 Å². The zero-order valence-electron chi connectivity index (χ0n) is 16.7. The topological polar surface area (TPSA) is 124 Å². The van der Waals surface area contributed by atoms with E-state index in [9.17, 15) is 15.2 Å². The molecular weight excluding hydrogens is 448 g/mol. The Morgan fingerprint density at radius 1 is 1.34 bits per heavy atom. The summed E-state index contributed by atoms with van der Waals surface area (Å²) in [5.41, 5.74) is 2.31. The van der Waals surface area contributed by atoms with Gasteiger partial charge in [-0.25, -0.2) is 4.79 Å². The van der Waals surface area contributed by atoms with Crippen LogP contribution in [-0.4, -0.2) is 32.9 Å². The molecule has 1 aliphatic rings. The smallest absolute Gasteiger partial charge is 0.321 e. The SMILES string of the molecule is C#Cc1nnc(NC(=O)NC(CO)c2ccc(-c3cccnc3C3(C#N)CC3)c(Cl)c2)s1. The Bertz CT molecular complexity index is 1260. The van der Waals surface area contributed by atoms with Crippen molar-refractivity contribution in [2.75, 3.05) is 11.9 Å². The first kappa shape index (κ1) is 21.7. The van der Waals surface area contributed by atoms with E-state index in [2.05, 4.69) is 37.8 Å². The molecule has 1 unspecified atom stereocenters. The van der Waals surface area contributed by atoms with Crippen molar-refractivity contribution in [1.29, 1.82) is 5.26 Å². The molecule has 0 bridgehead atoms. The fraction of sp³-hybridized carbons (Fsp3) is 0.227. The number of nitriles is 1. The molecule has 1 fully saturated rings. The van der Waals surface area contributed by atoms with Crippen molar-refractivity contribution in [3.05, 3.63) is 57.8 Å². The summed E-state index contributed by atoms with van der Waals surface area (Å²) in [6.07, 6.45) is 8.46. The third-order valence-electron chi connectivity index (χ3n) is 5.17. The van der Waals surface area contributed by atoms with E-state index in [0.29, 0.717) is 15.6 Å². The minimum absolute atomic E-state index is 0.246. The molecule has 2 aromatic heterocycles. The number of hydrogen-bond acceptors (Lipinski definition) is 7. The van der Waals surface area contributed by atoms with Gasteiger partial charge in [0.25, 0.3) is 0 Å². The first-order valence-electron chi connectivity index (χ1n) is 9.64. The number of nitrogens with one attached hydrogen (secondary N) is 2. The average molecular weight is 465 g/mol. The van der Waals surface area contributed by atoms with Gasteiger partial charge in [-0.15, -0.1) is 16.6 Å². The first-order valence-corrected chi connectivity index (χ1v) is 10.8. The van der Waals surface area contributed by atoms with Gasteiger partial charge in [0.15, 0.2) is 5.01 Å². The first-order chi connectivity index (χ1) is 15.5. The van der Waals surface area contributed by atoms with Gasteiger partial charge in [-0.1, -0.05) is 41.1 Å². The monoisotopic (exact) mass is 464 g/mol. The van der Waals surface area contributed by atoms with E-state index in [1.807, 2.05) is 6.07 Å². The van der Waals surface area contributed by atoms with Crippen LogP contribution in [0.25, 0.3) is 11.1 Å². The number of halogens is 1. The predicted molar refractivity (Wildman–Crippen MR) is 121 cm³/mol. The van der Waals surface area contributed by atoms with Crippen molar-refractivity contribution in [2.45, 2.75) is 24.3 Å². The second kappa shape index (κ2) is 8.93. The van der Waals surface area contributed by atoms with Crippen LogP contribution < -0.4 is 10.6 Å². The highest BCUT2D eigenvalue weighted by Gasteiger charge is 2.47. The molecule has 4 rings (SSSR count). The van der Waals surface area contributed by atoms with Gasteiger partial charge in [0.1, 0.15) is 5.41 Å². The van der Waals surface area contributed by atoms with Gasteiger partial charge in [-0.2, -0.15) is 5.26 Å². The normalized spacial score (nSPS) is 14.6. The minimum Gasteiger partial charge on any atom is -0.394 e. The number of pyridine rings is 1. The Kier molecular flexibility index (Phi) is 6.06. The summed E-state index contributed by atoms with van der Waals surface area (Å²) >= 11 is 7.64. The van der Waals surface area contributed by atoms with Gasteiger partial charge in [0.05, 0.1) is 24.4 Å². The molecule has 0 aliphatic heterocycles. The number of benzene rings is 1. The summed E-state index contributed by atoms with van der Waals surface area (Å²) in [7, 11) is 0. The van der Waals surface area contributed by atoms with Gasteiger partial charge in [-0.05, 0) is 36.5 Å². The summed E-state index contributed by atoms with van der Waals surface area (Å²) in [5.74, 6) is 2.34. The molecule has 3 aromatic rings. The van der Waals surface area contributed by atoms with Crippen molar-refractivity contribution >= 4 is 34.1 Å². The van der Waals surface area contributed by atoms with Gasteiger partial charge in [0, 0.05) is 22.3 Å². The van der Waals surface area contributed by atoms with E-state index >= 15 is 0 Å². The number of carbonyl (C=O) groups is 1. The van der Waals surface area contributed by atoms with Gasteiger partial charge in [-0.3, -0.25) is 10.3 Å². The molecule has 1 aromatic carbocycles. The average Bonchev–Trinajstić information content (AvgIpc) is 3.48. The lowest BCUT2D eigenvalue weighted by Gasteiger charge is -2.19. The largest absolute Gasteiger partial charge is 0.394 e. The maximum atomic E-state index is 12.3. The van der Waals surface area contributed by atoms with Crippen LogP contribution in [0.1, 0.15) is 35.1 Å². The molecule has 10 heteroatoms. The van der Waals surface area contributed by atoms with Crippen LogP contribution >= 0.6 is 22.9 Å². The van der Waals surface area contributed by atoms with E-state index in [4.69, 9.17) is 18.0 Å². The molecule has 8 nitrogen and oxygen atoms in total. The van der Waals surface area contributed by atoms with E-state index in [0.717, 1.165) is 41.0 Å². The van der Waals surface area contributed by atoms with Crippen molar-refractivity contribution in [3.8, 4) is 29.5 Å². The number of urea groups is 1. The van der Waals surface area contributed by atoms with Crippen LogP contribution in [0, 0.1) is 23.7 Å². The number of carbonyl (C=O) groups excluding carboxylic acids is 1. The molecule has 0 radical (unpaired) electrons. The number of rotatable bonds is 6. The fourth-order valence-corrected chi connectivity index (χ4v) is 4.19. The van der Waals surface area contributed by atoms with Crippen molar-refractivity contribution in [2.24, 2.45) is 0 Å². The number of aliphatic hydroxyl groups is 1. The van der Waals surface area contributed by atoms with E-state index < -0.39 is 17.5 Å². The zero-order chi connectivity index (χ0) is 22.7. The number of hydrogen-bond donors (Lipinski definition) is 3. The fourth-order valence-electron chi connectivity index (χ4n) is 3.35. The quantitative estimate of drug-likeness (QED) is 0.478. The molecule has 2 amide bonds. The van der Waals surface area contributed by atoms with Gasteiger partial charge in [0.2, 0.25) is 5.13 Å². The Morgan fingerprint density at radius 2 is 2.16 bits per heavy atom. The third-order valence-corrected chi connectivity index (χ3v) is 6.25.